The van der Waals surface area contributed by atoms with Crippen LogP contribution in [0.5, 0.6) is 0 Å². The third kappa shape index (κ3) is 3.24. The van der Waals surface area contributed by atoms with Gasteiger partial charge in [-0.3, -0.25) is 4.98 Å². The Morgan fingerprint density at radius 3 is 2.95 bits per heavy atom. The zero-order valence-electron chi connectivity index (χ0n) is 11.3. The van der Waals surface area contributed by atoms with E-state index in [1.807, 2.05) is 12.1 Å². The number of aromatic nitrogens is 3. The molecule has 2 aromatic heterocycles. The third-order valence-corrected chi connectivity index (χ3v) is 3.95. The summed E-state index contributed by atoms with van der Waals surface area (Å²) in [6.45, 7) is 3.09. The molecule has 3 rings (SSSR count). The van der Waals surface area contributed by atoms with E-state index in [1.165, 1.54) is 12.8 Å². The van der Waals surface area contributed by atoms with E-state index in [4.69, 9.17) is 4.52 Å². The monoisotopic (exact) mass is 336 g/mol. The van der Waals surface area contributed by atoms with Gasteiger partial charge in [0.15, 0.2) is 0 Å². The summed E-state index contributed by atoms with van der Waals surface area (Å²) in [5.41, 5.74) is 0.731. The third-order valence-electron chi connectivity index (χ3n) is 3.48. The largest absolute Gasteiger partial charge is 0.339 e. The Bertz CT molecular complexity index is 565. The van der Waals surface area contributed by atoms with Crippen LogP contribution in [-0.2, 0) is 6.42 Å². The summed E-state index contributed by atoms with van der Waals surface area (Å²) in [5.74, 6) is 2.00. The van der Waals surface area contributed by atoms with Crippen molar-refractivity contribution < 1.29 is 4.52 Å². The fraction of sp³-hybridized carbons (Fsp3) is 0.500. The second-order valence-corrected chi connectivity index (χ2v) is 5.99. The molecule has 1 saturated carbocycles. The Hall–Kier alpha value is -1.27. The first-order valence-electron chi connectivity index (χ1n) is 6.94. The molecule has 0 aromatic carbocycles. The highest BCUT2D eigenvalue weighted by Crippen LogP contribution is 2.34. The van der Waals surface area contributed by atoms with Gasteiger partial charge in [0.2, 0.25) is 11.7 Å². The average molecular weight is 337 g/mol. The average Bonchev–Trinajstić information content (AvgIpc) is 3.20. The minimum Gasteiger partial charge on any atom is -0.339 e. The van der Waals surface area contributed by atoms with Crippen LogP contribution < -0.4 is 5.32 Å². The van der Waals surface area contributed by atoms with Crippen LogP contribution in [0.25, 0.3) is 11.5 Å². The van der Waals surface area contributed by atoms with Crippen molar-refractivity contribution in [2.24, 2.45) is 5.92 Å². The second kappa shape index (κ2) is 6.01. The van der Waals surface area contributed by atoms with Crippen LogP contribution >= 0.6 is 15.9 Å². The first kappa shape index (κ1) is 13.7. The van der Waals surface area contributed by atoms with E-state index in [0.29, 0.717) is 17.8 Å². The molecular weight excluding hydrogens is 320 g/mol. The van der Waals surface area contributed by atoms with E-state index in [9.17, 15) is 0 Å². The Balaban J connectivity index is 1.71. The van der Waals surface area contributed by atoms with Gasteiger partial charge < -0.3 is 9.84 Å². The molecule has 2 aromatic rings. The van der Waals surface area contributed by atoms with Gasteiger partial charge in [-0.2, -0.15) is 4.98 Å². The Kier molecular flexibility index (Phi) is 4.12. The quantitative estimate of drug-likeness (QED) is 0.878. The molecule has 1 aliphatic carbocycles. The number of pyridine rings is 1. The maximum atomic E-state index is 5.35. The highest BCUT2D eigenvalue weighted by atomic mass is 79.9. The van der Waals surface area contributed by atoms with Crippen molar-refractivity contribution in [2.75, 3.05) is 6.54 Å². The highest BCUT2D eigenvalue weighted by Gasteiger charge is 2.31. The molecule has 0 amide bonds. The van der Waals surface area contributed by atoms with Crippen LogP contribution in [0.1, 0.15) is 25.7 Å². The number of halogens is 1. The molecule has 0 radical (unpaired) electrons. The molecule has 20 heavy (non-hydrogen) atoms. The molecule has 1 aliphatic rings. The van der Waals surface area contributed by atoms with Gasteiger partial charge in [-0.05, 0) is 53.4 Å². The van der Waals surface area contributed by atoms with Gasteiger partial charge in [-0.25, -0.2) is 0 Å². The van der Waals surface area contributed by atoms with Crippen molar-refractivity contribution in [3.63, 3.8) is 0 Å². The van der Waals surface area contributed by atoms with Gasteiger partial charge in [-0.1, -0.05) is 12.1 Å². The molecule has 1 unspecified atom stereocenters. The van der Waals surface area contributed by atoms with Crippen LogP contribution in [0.4, 0.5) is 0 Å². The minimum atomic E-state index is 0.450. The Morgan fingerprint density at radius 1 is 1.45 bits per heavy atom. The summed E-state index contributed by atoms with van der Waals surface area (Å²) in [7, 11) is 0. The van der Waals surface area contributed by atoms with Gasteiger partial charge in [0, 0.05) is 23.1 Å². The lowest BCUT2D eigenvalue weighted by Gasteiger charge is -2.14. The standard InChI is InChI=1S/C14H17BrN4O/c1-2-16-12(9-3-4-9)7-13-18-14(19-20-13)11-6-5-10(15)8-17-11/h5-6,8-9,12,16H,2-4,7H2,1H3. The maximum Gasteiger partial charge on any atom is 0.228 e. The van der Waals surface area contributed by atoms with Crippen LogP contribution in [0.3, 0.4) is 0 Å². The summed E-state index contributed by atoms with van der Waals surface area (Å²) in [6.07, 6.45) is 5.12. The normalized spacial score (nSPS) is 16.3. The van der Waals surface area contributed by atoms with E-state index >= 15 is 0 Å². The number of nitrogens with zero attached hydrogens (tertiary/aromatic N) is 3. The van der Waals surface area contributed by atoms with Crippen molar-refractivity contribution >= 4 is 15.9 Å². The molecule has 0 spiro atoms. The van der Waals surface area contributed by atoms with Gasteiger partial charge in [0.25, 0.3) is 0 Å². The summed E-state index contributed by atoms with van der Waals surface area (Å²) < 4.78 is 6.29. The molecule has 1 N–H and O–H groups in total. The van der Waals surface area contributed by atoms with Gasteiger partial charge in [0.05, 0.1) is 0 Å². The summed E-state index contributed by atoms with van der Waals surface area (Å²) >= 11 is 3.36. The molecule has 6 heteroatoms. The van der Waals surface area contributed by atoms with Crippen molar-refractivity contribution in [3.05, 3.63) is 28.7 Å². The number of nitrogens with one attached hydrogen (secondary N) is 1. The van der Waals surface area contributed by atoms with E-state index in [1.54, 1.807) is 6.20 Å². The number of rotatable bonds is 6. The lowest BCUT2D eigenvalue weighted by molar-refractivity contribution is 0.348. The molecule has 0 aliphatic heterocycles. The van der Waals surface area contributed by atoms with Crippen LogP contribution in [-0.4, -0.2) is 27.7 Å². The summed E-state index contributed by atoms with van der Waals surface area (Å²) in [6, 6.07) is 4.25. The molecule has 5 nitrogen and oxygen atoms in total. The number of hydrogen-bond donors (Lipinski definition) is 1. The van der Waals surface area contributed by atoms with Crippen molar-refractivity contribution in [2.45, 2.75) is 32.2 Å². The van der Waals surface area contributed by atoms with E-state index in [-0.39, 0.29) is 0 Å². The predicted octanol–water partition coefficient (Wildman–Crippen LogP) is 2.82. The van der Waals surface area contributed by atoms with Crippen molar-refractivity contribution in [3.8, 4) is 11.5 Å². The zero-order chi connectivity index (χ0) is 13.9. The maximum absolute atomic E-state index is 5.35. The van der Waals surface area contributed by atoms with Crippen molar-refractivity contribution in [1.82, 2.24) is 20.4 Å². The highest BCUT2D eigenvalue weighted by molar-refractivity contribution is 9.10. The summed E-state index contributed by atoms with van der Waals surface area (Å²) in [4.78, 5) is 8.72. The lowest BCUT2D eigenvalue weighted by atomic mass is 10.1. The van der Waals surface area contributed by atoms with Gasteiger partial charge >= 0.3 is 0 Å². The molecule has 0 bridgehead atoms. The smallest absolute Gasteiger partial charge is 0.228 e. The molecule has 2 heterocycles. The predicted molar refractivity (Wildman–Crippen MR) is 79.1 cm³/mol. The zero-order valence-corrected chi connectivity index (χ0v) is 12.9. The van der Waals surface area contributed by atoms with E-state index in [2.05, 4.69) is 43.3 Å². The fourth-order valence-corrected chi connectivity index (χ4v) is 2.54. The minimum absolute atomic E-state index is 0.450. The number of likely N-dealkylation sites (N-methyl/N-ethyl adjacent to an activating group) is 1. The first-order chi connectivity index (χ1) is 9.76. The number of hydrogen-bond acceptors (Lipinski definition) is 5. The van der Waals surface area contributed by atoms with Gasteiger partial charge in [0.1, 0.15) is 5.69 Å². The summed E-state index contributed by atoms with van der Waals surface area (Å²) in [5, 5.41) is 7.52. The first-order valence-corrected chi connectivity index (χ1v) is 7.73. The topological polar surface area (TPSA) is 63.8 Å². The lowest BCUT2D eigenvalue weighted by Crippen LogP contribution is -2.33. The molecule has 1 fully saturated rings. The Morgan fingerprint density at radius 2 is 2.30 bits per heavy atom. The van der Waals surface area contributed by atoms with Crippen LogP contribution in [0.2, 0.25) is 0 Å². The molecule has 106 valence electrons. The second-order valence-electron chi connectivity index (χ2n) is 5.08. The van der Waals surface area contributed by atoms with E-state index in [0.717, 1.165) is 29.1 Å². The molecule has 0 saturated heterocycles. The van der Waals surface area contributed by atoms with Crippen LogP contribution in [0, 0.1) is 5.92 Å². The SMILES string of the molecule is CCNC(Cc1nc(-c2ccc(Br)cn2)no1)C1CC1. The fourth-order valence-electron chi connectivity index (χ4n) is 2.30. The van der Waals surface area contributed by atoms with E-state index < -0.39 is 0 Å². The van der Waals surface area contributed by atoms with Crippen molar-refractivity contribution in [1.29, 1.82) is 0 Å². The Labute approximate surface area is 126 Å². The van der Waals surface area contributed by atoms with Crippen LogP contribution in [0.15, 0.2) is 27.3 Å². The molecular formula is C14H17BrN4O. The molecule has 1 atom stereocenters. The van der Waals surface area contributed by atoms with Gasteiger partial charge in [-0.15, -0.1) is 0 Å².